The van der Waals surface area contributed by atoms with Crippen molar-refractivity contribution >= 4 is 0 Å². The zero-order chi connectivity index (χ0) is 7.33. The maximum atomic E-state index is 11.3. The summed E-state index contributed by atoms with van der Waals surface area (Å²) in [6.07, 6.45) is 0. The van der Waals surface area contributed by atoms with E-state index in [2.05, 4.69) is 0 Å². The number of likely N-dealkylation sites (N-methyl/N-ethyl adjacent to an activating group) is 1. The standard InChI is InChI=1S/C6H16N2O/c1-3-8(9,4-2)6-5-7/h3-7H2,1-2H3. The molecule has 2 N–H and O–H groups in total. The minimum atomic E-state index is -0.142. The van der Waals surface area contributed by atoms with E-state index in [9.17, 15) is 5.21 Å². The molecule has 3 nitrogen and oxygen atoms in total. The average Bonchev–Trinajstić information content (AvgIpc) is 1.89. The maximum absolute atomic E-state index is 11.3. The second-order valence-electron chi connectivity index (χ2n) is 2.20. The van der Waals surface area contributed by atoms with E-state index in [1.165, 1.54) is 0 Å². The van der Waals surface area contributed by atoms with E-state index in [4.69, 9.17) is 5.73 Å². The summed E-state index contributed by atoms with van der Waals surface area (Å²) in [6, 6.07) is 0. The van der Waals surface area contributed by atoms with Crippen LogP contribution >= 0.6 is 0 Å². The van der Waals surface area contributed by atoms with E-state index >= 15 is 0 Å². The minimum absolute atomic E-state index is 0.142. The molecular weight excluding hydrogens is 116 g/mol. The van der Waals surface area contributed by atoms with Gasteiger partial charge in [0.25, 0.3) is 0 Å². The Bertz CT molecular complexity index is 71.5. The van der Waals surface area contributed by atoms with Crippen LogP contribution in [0.5, 0.6) is 0 Å². The Balaban J connectivity index is 3.62. The Morgan fingerprint density at radius 2 is 1.78 bits per heavy atom. The summed E-state index contributed by atoms with van der Waals surface area (Å²) in [4.78, 5) is 0. The zero-order valence-corrected chi connectivity index (χ0v) is 6.26. The van der Waals surface area contributed by atoms with Gasteiger partial charge in [0.15, 0.2) is 0 Å². The fourth-order valence-corrected chi connectivity index (χ4v) is 0.775. The van der Waals surface area contributed by atoms with Crippen molar-refractivity contribution in [1.29, 1.82) is 0 Å². The van der Waals surface area contributed by atoms with E-state index in [1.54, 1.807) is 0 Å². The van der Waals surface area contributed by atoms with Gasteiger partial charge in [0, 0.05) is 6.54 Å². The summed E-state index contributed by atoms with van der Waals surface area (Å²) in [6.45, 7) is 6.10. The summed E-state index contributed by atoms with van der Waals surface area (Å²) >= 11 is 0. The summed E-state index contributed by atoms with van der Waals surface area (Å²) in [7, 11) is 0. The van der Waals surface area contributed by atoms with E-state index < -0.39 is 0 Å². The molecule has 0 atom stereocenters. The van der Waals surface area contributed by atoms with E-state index in [-0.39, 0.29) is 4.65 Å². The molecule has 0 rings (SSSR count). The number of hydrogen-bond acceptors (Lipinski definition) is 2. The normalized spacial score (nSPS) is 12.0. The van der Waals surface area contributed by atoms with Crippen molar-refractivity contribution in [3.05, 3.63) is 5.21 Å². The molecule has 0 aromatic carbocycles. The molecule has 0 saturated carbocycles. The van der Waals surface area contributed by atoms with E-state index in [0.29, 0.717) is 26.2 Å². The van der Waals surface area contributed by atoms with Crippen LogP contribution < -0.4 is 5.73 Å². The molecule has 0 aliphatic rings. The Morgan fingerprint density at radius 3 is 1.89 bits per heavy atom. The SMILES string of the molecule is CC[N+]([O-])(CC)CCN. The second kappa shape index (κ2) is 3.82. The molecule has 0 unspecified atom stereocenters. The number of quaternary nitrogens is 1. The predicted molar refractivity (Wildman–Crippen MR) is 38.6 cm³/mol. The molecule has 0 aromatic heterocycles. The topological polar surface area (TPSA) is 49.1 Å². The lowest BCUT2D eigenvalue weighted by Gasteiger charge is -2.40. The Hall–Kier alpha value is -0.120. The molecule has 0 spiro atoms. The van der Waals surface area contributed by atoms with Crippen LogP contribution in [0.4, 0.5) is 0 Å². The lowest BCUT2D eigenvalue weighted by Crippen LogP contribution is -2.45. The number of hydrogen-bond donors (Lipinski definition) is 1. The van der Waals surface area contributed by atoms with Crippen LogP contribution in [0.3, 0.4) is 0 Å². The molecule has 9 heavy (non-hydrogen) atoms. The van der Waals surface area contributed by atoms with Crippen LogP contribution in [0.1, 0.15) is 13.8 Å². The van der Waals surface area contributed by atoms with Crippen LogP contribution in [-0.2, 0) is 0 Å². The Kier molecular flexibility index (Phi) is 3.77. The first-order valence-corrected chi connectivity index (χ1v) is 3.45. The van der Waals surface area contributed by atoms with Gasteiger partial charge in [-0.15, -0.1) is 0 Å². The third-order valence-electron chi connectivity index (χ3n) is 1.69. The summed E-state index contributed by atoms with van der Waals surface area (Å²) in [5.74, 6) is 0. The quantitative estimate of drug-likeness (QED) is 0.442. The number of hydroxylamine groups is 3. The molecule has 0 saturated heterocycles. The van der Waals surface area contributed by atoms with Crippen LogP contribution in [0.25, 0.3) is 0 Å². The van der Waals surface area contributed by atoms with Gasteiger partial charge in [0.05, 0.1) is 19.6 Å². The third kappa shape index (κ3) is 2.79. The van der Waals surface area contributed by atoms with Crippen molar-refractivity contribution in [2.45, 2.75) is 13.8 Å². The molecule has 0 bridgehead atoms. The van der Waals surface area contributed by atoms with Gasteiger partial charge in [-0.05, 0) is 13.8 Å². The summed E-state index contributed by atoms with van der Waals surface area (Å²) in [5.41, 5.74) is 5.25. The highest BCUT2D eigenvalue weighted by atomic mass is 16.5. The van der Waals surface area contributed by atoms with Gasteiger partial charge in [-0.3, -0.25) is 0 Å². The van der Waals surface area contributed by atoms with Gasteiger partial charge in [-0.25, -0.2) is 0 Å². The van der Waals surface area contributed by atoms with Crippen LogP contribution in [0, 0.1) is 5.21 Å². The van der Waals surface area contributed by atoms with Gasteiger partial charge in [-0.2, -0.15) is 0 Å². The van der Waals surface area contributed by atoms with Crippen molar-refractivity contribution in [3.8, 4) is 0 Å². The van der Waals surface area contributed by atoms with Gasteiger partial charge in [-0.1, -0.05) is 0 Å². The highest BCUT2D eigenvalue weighted by Gasteiger charge is 2.07. The average molecular weight is 132 g/mol. The fourth-order valence-electron chi connectivity index (χ4n) is 0.775. The Labute approximate surface area is 56.6 Å². The lowest BCUT2D eigenvalue weighted by atomic mass is 10.4. The summed E-state index contributed by atoms with van der Waals surface area (Å²) < 4.78 is -0.142. The molecule has 0 aliphatic carbocycles. The first-order chi connectivity index (χ1) is 4.18. The van der Waals surface area contributed by atoms with Crippen molar-refractivity contribution in [2.75, 3.05) is 26.2 Å². The van der Waals surface area contributed by atoms with Gasteiger partial charge < -0.3 is 15.6 Å². The molecule has 0 amide bonds. The molecule has 0 heterocycles. The first kappa shape index (κ1) is 8.88. The molecule has 0 aromatic rings. The number of rotatable bonds is 4. The van der Waals surface area contributed by atoms with Crippen molar-refractivity contribution in [1.82, 2.24) is 0 Å². The predicted octanol–water partition coefficient (Wildman–Crippen LogP) is 0.299. The largest absolute Gasteiger partial charge is 0.633 e. The van der Waals surface area contributed by atoms with E-state index in [1.807, 2.05) is 13.8 Å². The lowest BCUT2D eigenvalue weighted by molar-refractivity contribution is -0.875. The summed E-state index contributed by atoms with van der Waals surface area (Å²) in [5, 5.41) is 11.3. The molecular formula is C6H16N2O. The molecule has 56 valence electrons. The molecule has 3 heteroatoms. The zero-order valence-electron chi connectivity index (χ0n) is 6.26. The molecule has 0 aliphatic heterocycles. The minimum Gasteiger partial charge on any atom is -0.633 e. The van der Waals surface area contributed by atoms with Gasteiger partial charge in [0.1, 0.15) is 0 Å². The van der Waals surface area contributed by atoms with Crippen molar-refractivity contribution < 1.29 is 4.65 Å². The van der Waals surface area contributed by atoms with Crippen molar-refractivity contribution in [3.63, 3.8) is 0 Å². The second-order valence-corrected chi connectivity index (χ2v) is 2.20. The van der Waals surface area contributed by atoms with Gasteiger partial charge >= 0.3 is 0 Å². The molecule has 0 radical (unpaired) electrons. The van der Waals surface area contributed by atoms with E-state index in [0.717, 1.165) is 0 Å². The monoisotopic (exact) mass is 132 g/mol. The first-order valence-electron chi connectivity index (χ1n) is 3.45. The van der Waals surface area contributed by atoms with Gasteiger partial charge in [0.2, 0.25) is 0 Å². The molecule has 0 fully saturated rings. The highest BCUT2D eigenvalue weighted by molar-refractivity contribution is 4.39. The Morgan fingerprint density at radius 1 is 1.33 bits per heavy atom. The van der Waals surface area contributed by atoms with Crippen LogP contribution in [0.2, 0.25) is 0 Å². The van der Waals surface area contributed by atoms with Crippen LogP contribution in [-0.4, -0.2) is 30.8 Å². The fraction of sp³-hybridized carbons (Fsp3) is 1.00. The highest BCUT2D eigenvalue weighted by Crippen LogP contribution is 1.99. The van der Waals surface area contributed by atoms with Crippen LogP contribution in [0.15, 0.2) is 0 Å². The smallest absolute Gasteiger partial charge is 0.0908 e. The maximum Gasteiger partial charge on any atom is 0.0908 e. The number of nitrogens with two attached hydrogens (primary N) is 1. The van der Waals surface area contributed by atoms with Crippen molar-refractivity contribution in [2.24, 2.45) is 5.73 Å². The third-order valence-corrected chi connectivity index (χ3v) is 1.69. The number of nitrogens with zero attached hydrogens (tertiary/aromatic N) is 1.